The van der Waals surface area contributed by atoms with Crippen LogP contribution < -0.4 is 22.4 Å². The van der Waals surface area contributed by atoms with Crippen LogP contribution in [0, 0.1) is 5.92 Å². The van der Waals surface area contributed by atoms with Gasteiger partial charge in [0.05, 0.1) is 24.6 Å². The molecule has 0 radical (unpaired) electrons. The molecule has 1 heterocycles. The molecule has 9 nitrogen and oxygen atoms in total. The molecule has 21 heavy (non-hydrogen) atoms. The maximum atomic E-state index is 12.2. The van der Waals surface area contributed by atoms with Crippen molar-refractivity contribution in [1.82, 2.24) is 15.6 Å². The lowest BCUT2D eigenvalue weighted by Gasteiger charge is -2.31. The van der Waals surface area contributed by atoms with Crippen LogP contribution in [0.3, 0.4) is 0 Å². The van der Waals surface area contributed by atoms with E-state index in [1.165, 1.54) is 0 Å². The average molecular weight is 300 g/mol. The Kier molecular flexibility index (Phi) is 6.89. The minimum absolute atomic E-state index is 0.0801. The summed E-state index contributed by atoms with van der Waals surface area (Å²) < 4.78 is 5.45. The molecule has 2 amide bonds. The third-order valence-corrected chi connectivity index (χ3v) is 3.79. The van der Waals surface area contributed by atoms with Crippen LogP contribution in [0.5, 0.6) is 0 Å². The highest BCUT2D eigenvalue weighted by Gasteiger charge is 2.37. The number of hydrazone groups is 1. The Balaban J connectivity index is 2.63. The van der Waals surface area contributed by atoms with E-state index in [9.17, 15) is 9.59 Å². The van der Waals surface area contributed by atoms with Crippen molar-refractivity contribution in [3.05, 3.63) is 0 Å². The predicted molar refractivity (Wildman–Crippen MR) is 77.7 cm³/mol. The van der Waals surface area contributed by atoms with E-state index >= 15 is 0 Å². The number of hydrogen-bond donors (Lipinski definition) is 4. The predicted octanol–water partition coefficient (Wildman–Crippen LogP) is -1.89. The zero-order valence-corrected chi connectivity index (χ0v) is 12.4. The minimum atomic E-state index is -0.419. The summed E-state index contributed by atoms with van der Waals surface area (Å²) in [4.78, 5) is 24.9. The fraction of sp³-hybridized carbons (Fsp3) is 0.750. The first-order valence-corrected chi connectivity index (χ1v) is 6.83. The van der Waals surface area contributed by atoms with Gasteiger partial charge in [-0.25, -0.2) is 5.84 Å². The van der Waals surface area contributed by atoms with Crippen molar-refractivity contribution in [3.63, 3.8) is 0 Å². The molecule has 1 rings (SSSR count). The number of carbonyl (C=O) groups excluding carboxylic acids is 2. The fourth-order valence-electron chi connectivity index (χ4n) is 2.61. The van der Waals surface area contributed by atoms with Crippen molar-refractivity contribution in [2.24, 2.45) is 22.7 Å². The van der Waals surface area contributed by atoms with Gasteiger partial charge in [-0.2, -0.15) is 5.10 Å². The summed E-state index contributed by atoms with van der Waals surface area (Å²) in [7, 11) is 1.55. The Morgan fingerprint density at radius 3 is 2.86 bits per heavy atom. The van der Waals surface area contributed by atoms with Gasteiger partial charge in [0.15, 0.2) is 5.84 Å². The first kappa shape index (κ1) is 17.2. The zero-order chi connectivity index (χ0) is 15.8. The largest absolute Gasteiger partial charge is 0.378 e. The SMILES string of the molecule is COC(C(C)C(=O)NC/C(=N/N)NN)C1CCCN1C=O. The number of rotatable bonds is 7. The molecule has 0 bridgehead atoms. The summed E-state index contributed by atoms with van der Waals surface area (Å²) in [6, 6.07) is -0.0801. The van der Waals surface area contributed by atoms with E-state index in [4.69, 9.17) is 16.4 Å². The second kappa shape index (κ2) is 8.42. The van der Waals surface area contributed by atoms with Crippen LogP contribution in [0.15, 0.2) is 5.10 Å². The van der Waals surface area contributed by atoms with Crippen LogP contribution in [-0.4, -0.2) is 55.4 Å². The lowest BCUT2D eigenvalue weighted by Crippen LogP contribution is -2.49. The number of carbonyl (C=O) groups is 2. The van der Waals surface area contributed by atoms with Crippen molar-refractivity contribution in [3.8, 4) is 0 Å². The number of hydrazine groups is 1. The smallest absolute Gasteiger partial charge is 0.225 e. The number of nitrogens with two attached hydrogens (primary N) is 2. The Hall–Kier alpha value is -1.87. The third-order valence-electron chi connectivity index (χ3n) is 3.79. The molecular formula is C12H24N6O3. The Bertz CT molecular complexity index is 389. The van der Waals surface area contributed by atoms with Crippen molar-refractivity contribution in [1.29, 1.82) is 0 Å². The maximum absolute atomic E-state index is 12.2. The van der Waals surface area contributed by atoms with Gasteiger partial charge in [0.25, 0.3) is 0 Å². The van der Waals surface area contributed by atoms with E-state index in [0.29, 0.717) is 6.54 Å². The lowest BCUT2D eigenvalue weighted by molar-refractivity contribution is -0.133. The number of nitrogens with one attached hydrogen (secondary N) is 2. The van der Waals surface area contributed by atoms with Gasteiger partial charge in [-0.15, -0.1) is 0 Å². The van der Waals surface area contributed by atoms with Gasteiger partial charge in [-0.3, -0.25) is 9.59 Å². The van der Waals surface area contributed by atoms with E-state index in [-0.39, 0.29) is 30.4 Å². The summed E-state index contributed by atoms with van der Waals surface area (Å²) in [5.74, 6) is 9.91. The third kappa shape index (κ3) is 4.30. The second-order valence-corrected chi connectivity index (χ2v) is 4.98. The van der Waals surface area contributed by atoms with Gasteiger partial charge in [0, 0.05) is 13.7 Å². The van der Waals surface area contributed by atoms with E-state index in [0.717, 1.165) is 19.3 Å². The molecule has 1 aliphatic rings. The Morgan fingerprint density at radius 2 is 2.33 bits per heavy atom. The first-order valence-electron chi connectivity index (χ1n) is 6.83. The van der Waals surface area contributed by atoms with E-state index in [1.54, 1.807) is 18.9 Å². The van der Waals surface area contributed by atoms with Crippen LogP contribution in [0.2, 0.25) is 0 Å². The van der Waals surface area contributed by atoms with Gasteiger partial charge in [0.2, 0.25) is 12.3 Å². The van der Waals surface area contributed by atoms with Crippen molar-refractivity contribution in [2.45, 2.75) is 31.9 Å². The summed E-state index contributed by atoms with van der Waals surface area (Å²) in [6.45, 7) is 2.57. The molecule has 0 aromatic carbocycles. The quantitative estimate of drug-likeness (QED) is 0.143. The van der Waals surface area contributed by atoms with Gasteiger partial charge >= 0.3 is 0 Å². The van der Waals surface area contributed by atoms with Gasteiger partial charge in [-0.1, -0.05) is 6.92 Å². The Labute approximate surface area is 124 Å². The van der Waals surface area contributed by atoms with Crippen LogP contribution >= 0.6 is 0 Å². The zero-order valence-electron chi connectivity index (χ0n) is 12.4. The number of amidine groups is 1. The van der Waals surface area contributed by atoms with Crippen LogP contribution in [0.4, 0.5) is 0 Å². The van der Waals surface area contributed by atoms with E-state index in [2.05, 4.69) is 15.8 Å². The fourth-order valence-corrected chi connectivity index (χ4v) is 2.61. The summed E-state index contributed by atoms with van der Waals surface area (Å²) >= 11 is 0. The highest BCUT2D eigenvalue weighted by molar-refractivity contribution is 5.88. The molecule has 9 heteroatoms. The molecule has 0 aromatic rings. The summed E-state index contributed by atoms with van der Waals surface area (Å²) in [5.41, 5.74) is 2.28. The molecule has 0 aliphatic carbocycles. The molecule has 6 N–H and O–H groups in total. The first-order chi connectivity index (χ1) is 10.1. The second-order valence-electron chi connectivity index (χ2n) is 4.98. The normalized spacial score (nSPS) is 21.8. The van der Waals surface area contributed by atoms with Crippen LogP contribution in [-0.2, 0) is 14.3 Å². The van der Waals surface area contributed by atoms with Crippen molar-refractivity contribution < 1.29 is 14.3 Å². The number of amides is 2. The number of nitrogens with zero attached hydrogens (tertiary/aromatic N) is 2. The molecule has 0 saturated carbocycles. The highest BCUT2D eigenvalue weighted by atomic mass is 16.5. The molecule has 0 spiro atoms. The molecule has 3 atom stereocenters. The molecule has 3 unspecified atom stereocenters. The van der Waals surface area contributed by atoms with Gasteiger partial charge in [-0.05, 0) is 12.8 Å². The Morgan fingerprint density at radius 1 is 1.62 bits per heavy atom. The van der Waals surface area contributed by atoms with E-state index < -0.39 is 5.92 Å². The van der Waals surface area contributed by atoms with Crippen molar-refractivity contribution in [2.75, 3.05) is 20.2 Å². The monoisotopic (exact) mass is 300 g/mol. The minimum Gasteiger partial charge on any atom is -0.378 e. The number of ether oxygens (including phenoxy) is 1. The molecule has 120 valence electrons. The van der Waals surface area contributed by atoms with Crippen molar-refractivity contribution >= 4 is 18.2 Å². The summed E-state index contributed by atoms with van der Waals surface area (Å²) in [5, 5.41) is 6.06. The maximum Gasteiger partial charge on any atom is 0.225 e. The highest BCUT2D eigenvalue weighted by Crippen LogP contribution is 2.24. The molecule has 1 aliphatic heterocycles. The van der Waals surface area contributed by atoms with Gasteiger partial charge in [0.1, 0.15) is 0 Å². The lowest BCUT2D eigenvalue weighted by atomic mass is 9.95. The molecule has 0 aromatic heterocycles. The van der Waals surface area contributed by atoms with E-state index in [1.807, 2.05) is 0 Å². The topological polar surface area (TPSA) is 135 Å². The van der Waals surface area contributed by atoms with Gasteiger partial charge < -0.3 is 26.2 Å². The van der Waals surface area contributed by atoms with Crippen LogP contribution in [0.1, 0.15) is 19.8 Å². The number of likely N-dealkylation sites (tertiary alicyclic amines) is 1. The van der Waals surface area contributed by atoms with Crippen LogP contribution in [0.25, 0.3) is 0 Å². The average Bonchev–Trinajstić information content (AvgIpc) is 2.97. The summed E-state index contributed by atoms with van der Waals surface area (Å²) in [6.07, 6.45) is 2.20. The standard InChI is InChI=1S/C12H24N6O3/c1-8(12(20)15-6-10(16-13)17-14)11(21-2)9-4-3-5-18(9)7-19/h7-9,11H,3-6,13-14H2,1-2H3,(H,15,20)(H,16,17). The number of methoxy groups -OCH3 is 1. The molecule has 1 saturated heterocycles. The number of hydrogen-bond acceptors (Lipinski definition) is 6. The molecule has 1 fully saturated rings. The molecular weight excluding hydrogens is 276 g/mol.